The Balaban J connectivity index is 3.70. The molecule has 0 fully saturated rings. The number of nitrogens with one attached hydrogen (secondary N) is 1. The summed E-state index contributed by atoms with van der Waals surface area (Å²) in [6, 6.07) is 0. The molecule has 96 valence electrons. The van der Waals surface area contributed by atoms with Gasteiger partial charge in [0.15, 0.2) is 0 Å². The maximum Gasteiger partial charge on any atom is 0.243 e. The first-order valence-electron chi connectivity index (χ1n) is 4.76. The molecule has 6 nitrogen and oxygen atoms in total. The Morgan fingerprint density at radius 1 is 1.56 bits per heavy atom. The summed E-state index contributed by atoms with van der Waals surface area (Å²) in [5.41, 5.74) is 4.83. The van der Waals surface area contributed by atoms with E-state index in [0.29, 0.717) is 5.88 Å². The van der Waals surface area contributed by atoms with Crippen LogP contribution >= 0.6 is 11.6 Å². The summed E-state index contributed by atoms with van der Waals surface area (Å²) in [5, 5.41) is 0. The SMILES string of the molecule is CC(CCl)CS(=O)(=O)NCCOCC(N)=O. The number of halogens is 1. The Labute approximate surface area is 101 Å². The molecule has 1 amide bonds. The van der Waals surface area contributed by atoms with Gasteiger partial charge < -0.3 is 10.5 Å². The lowest BCUT2D eigenvalue weighted by Gasteiger charge is -2.09. The van der Waals surface area contributed by atoms with Gasteiger partial charge in [-0.15, -0.1) is 11.6 Å². The van der Waals surface area contributed by atoms with Gasteiger partial charge in [-0.3, -0.25) is 4.79 Å². The predicted molar refractivity (Wildman–Crippen MR) is 61.7 cm³/mol. The van der Waals surface area contributed by atoms with E-state index in [2.05, 4.69) is 4.72 Å². The molecule has 0 saturated carbocycles. The molecule has 0 aromatic heterocycles. The summed E-state index contributed by atoms with van der Waals surface area (Å²) >= 11 is 5.51. The molecular formula is C8H17ClN2O4S. The van der Waals surface area contributed by atoms with Crippen molar-refractivity contribution in [3.63, 3.8) is 0 Å². The highest BCUT2D eigenvalue weighted by Gasteiger charge is 2.14. The van der Waals surface area contributed by atoms with E-state index in [1.807, 2.05) is 0 Å². The molecule has 0 heterocycles. The molecule has 0 bridgehead atoms. The molecule has 16 heavy (non-hydrogen) atoms. The lowest BCUT2D eigenvalue weighted by atomic mass is 10.3. The van der Waals surface area contributed by atoms with Crippen LogP contribution in [0.25, 0.3) is 0 Å². The third kappa shape index (κ3) is 8.90. The van der Waals surface area contributed by atoms with Gasteiger partial charge in [0.2, 0.25) is 15.9 Å². The second kappa shape index (κ2) is 7.83. The maximum atomic E-state index is 11.4. The summed E-state index contributed by atoms with van der Waals surface area (Å²) < 4.78 is 29.9. The van der Waals surface area contributed by atoms with Gasteiger partial charge in [0.25, 0.3) is 0 Å². The van der Waals surface area contributed by atoms with Crippen molar-refractivity contribution < 1.29 is 17.9 Å². The highest BCUT2D eigenvalue weighted by molar-refractivity contribution is 7.89. The second-order valence-electron chi connectivity index (χ2n) is 3.45. The lowest BCUT2D eigenvalue weighted by molar-refractivity contribution is -0.122. The van der Waals surface area contributed by atoms with Gasteiger partial charge in [0.1, 0.15) is 6.61 Å². The minimum Gasteiger partial charge on any atom is -0.370 e. The van der Waals surface area contributed by atoms with Gasteiger partial charge in [-0.25, -0.2) is 13.1 Å². The molecular weight excluding hydrogens is 256 g/mol. The van der Waals surface area contributed by atoms with Crippen molar-refractivity contribution in [2.24, 2.45) is 11.7 Å². The summed E-state index contributed by atoms with van der Waals surface area (Å²) in [4.78, 5) is 10.3. The average Bonchev–Trinajstić information content (AvgIpc) is 2.15. The highest BCUT2D eigenvalue weighted by atomic mass is 35.5. The number of nitrogens with two attached hydrogens (primary N) is 1. The van der Waals surface area contributed by atoms with E-state index in [9.17, 15) is 13.2 Å². The van der Waals surface area contributed by atoms with Crippen LogP contribution in [0.3, 0.4) is 0 Å². The number of sulfonamides is 1. The first kappa shape index (κ1) is 15.6. The van der Waals surface area contributed by atoms with Crippen LogP contribution in [0.4, 0.5) is 0 Å². The van der Waals surface area contributed by atoms with Crippen LogP contribution in [0.15, 0.2) is 0 Å². The van der Waals surface area contributed by atoms with E-state index in [1.165, 1.54) is 0 Å². The lowest BCUT2D eigenvalue weighted by Crippen LogP contribution is -2.32. The van der Waals surface area contributed by atoms with Crippen molar-refractivity contribution >= 4 is 27.5 Å². The van der Waals surface area contributed by atoms with E-state index in [1.54, 1.807) is 6.92 Å². The van der Waals surface area contributed by atoms with Crippen LogP contribution in [0.1, 0.15) is 6.92 Å². The molecule has 8 heteroatoms. The van der Waals surface area contributed by atoms with E-state index in [0.717, 1.165) is 0 Å². The van der Waals surface area contributed by atoms with Crippen LogP contribution in [0.2, 0.25) is 0 Å². The summed E-state index contributed by atoms with van der Waals surface area (Å²) in [6.45, 7) is 1.76. The number of hydrogen-bond donors (Lipinski definition) is 2. The van der Waals surface area contributed by atoms with Crippen molar-refractivity contribution in [2.75, 3.05) is 31.4 Å². The quantitative estimate of drug-likeness (QED) is 0.428. The molecule has 0 saturated heterocycles. The summed E-state index contributed by atoms with van der Waals surface area (Å²) in [6.07, 6.45) is 0. The standard InChI is InChI=1S/C8H17ClN2O4S/c1-7(4-9)6-16(13,14)11-2-3-15-5-8(10)12/h7,11H,2-6H2,1H3,(H2,10,12). The average molecular weight is 273 g/mol. The van der Waals surface area contributed by atoms with Gasteiger partial charge in [0, 0.05) is 12.4 Å². The third-order valence-corrected chi connectivity index (χ3v) is 3.76. The monoisotopic (exact) mass is 272 g/mol. The smallest absolute Gasteiger partial charge is 0.243 e. The molecule has 3 N–H and O–H groups in total. The van der Waals surface area contributed by atoms with Gasteiger partial charge in [-0.1, -0.05) is 6.92 Å². The van der Waals surface area contributed by atoms with Gasteiger partial charge in [-0.05, 0) is 5.92 Å². The van der Waals surface area contributed by atoms with E-state index >= 15 is 0 Å². The number of carbonyl (C=O) groups is 1. The summed E-state index contributed by atoms with van der Waals surface area (Å²) in [7, 11) is -3.32. The van der Waals surface area contributed by atoms with E-state index < -0.39 is 15.9 Å². The number of rotatable bonds is 9. The largest absolute Gasteiger partial charge is 0.370 e. The second-order valence-corrected chi connectivity index (χ2v) is 5.61. The van der Waals surface area contributed by atoms with Gasteiger partial charge in [-0.2, -0.15) is 0 Å². The zero-order valence-electron chi connectivity index (χ0n) is 9.11. The molecule has 0 aliphatic rings. The van der Waals surface area contributed by atoms with Crippen molar-refractivity contribution in [3.8, 4) is 0 Å². The fourth-order valence-electron chi connectivity index (χ4n) is 0.920. The molecule has 0 aliphatic heterocycles. The van der Waals surface area contributed by atoms with Crippen LogP contribution in [-0.2, 0) is 19.6 Å². The zero-order chi connectivity index (χ0) is 12.6. The number of hydrogen-bond acceptors (Lipinski definition) is 4. The van der Waals surface area contributed by atoms with E-state index in [4.69, 9.17) is 22.1 Å². The Kier molecular flexibility index (Phi) is 7.65. The Bertz CT molecular complexity index is 307. The fourth-order valence-corrected chi connectivity index (χ4v) is 2.54. The van der Waals surface area contributed by atoms with E-state index in [-0.39, 0.29) is 31.4 Å². The predicted octanol–water partition coefficient (Wildman–Crippen LogP) is -0.717. The first-order chi connectivity index (χ1) is 7.37. The molecule has 0 aliphatic carbocycles. The van der Waals surface area contributed by atoms with Crippen LogP contribution in [0, 0.1) is 5.92 Å². The van der Waals surface area contributed by atoms with Crippen LogP contribution < -0.4 is 10.5 Å². The first-order valence-corrected chi connectivity index (χ1v) is 6.95. The van der Waals surface area contributed by atoms with Gasteiger partial charge >= 0.3 is 0 Å². The molecule has 1 atom stereocenters. The number of amides is 1. The highest BCUT2D eigenvalue weighted by Crippen LogP contribution is 2.01. The molecule has 0 radical (unpaired) electrons. The minimum atomic E-state index is -3.32. The van der Waals surface area contributed by atoms with Gasteiger partial charge in [0.05, 0.1) is 12.4 Å². The minimum absolute atomic E-state index is 0.0215. The third-order valence-electron chi connectivity index (χ3n) is 1.58. The van der Waals surface area contributed by atoms with Crippen molar-refractivity contribution in [1.82, 2.24) is 4.72 Å². The van der Waals surface area contributed by atoms with Crippen molar-refractivity contribution in [1.29, 1.82) is 0 Å². The molecule has 0 aromatic rings. The molecule has 0 rings (SSSR count). The summed E-state index contributed by atoms with van der Waals surface area (Å²) in [5.74, 6) is -0.421. The Morgan fingerprint density at radius 2 is 2.19 bits per heavy atom. The number of alkyl halides is 1. The molecule has 0 spiro atoms. The molecule has 0 aromatic carbocycles. The van der Waals surface area contributed by atoms with Crippen molar-refractivity contribution in [3.05, 3.63) is 0 Å². The normalized spacial score (nSPS) is 13.6. The van der Waals surface area contributed by atoms with Crippen molar-refractivity contribution in [2.45, 2.75) is 6.92 Å². The van der Waals surface area contributed by atoms with Crippen LogP contribution in [-0.4, -0.2) is 45.7 Å². The zero-order valence-corrected chi connectivity index (χ0v) is 10.7. The number of carbonyl (C=O) groups excluding carboxylic acids is 1. The number of primary amides is 1. The number of ether oxygens (including phenoxy) is 1. The van der Waals surface area contributed by atoms with Crippen LogP contribution in [0.5, 0.6) is 0 Å². The maximum absolute atomic E-state index is 11.4. The molecule has 1 unspecified atom stereocenters. The Morgan fingerprint density at radius 3 is 2.69 bits per heavy atom. The topological polar surface area (TPSA) is 98.5 Å². The Hall–Kier alpha value is -0.370. The fraction of sp³-hybridized carbons (Fsp3) is 0.875.